The monoisotopic (exact) mass is 186 g/mol. The Balaban J connectivity index is 2.16. The number of hydrogen-bond acceptors (Lipinski definition) is 3. The van der Waals surface area contributed by atoms with Crippen molar-refractivity contribution in [3.8, 4) is 0 Å². The number of amides is 1. The minimum Gasteiger partial charge on any atom is -0.383 e. The van der Waals surface area contributed by atoms with Crippen LogP contribution in [0, 0.1) is 5.92 Å². The molecule has 13 heavy (non-hydrogen) atoms. The molecule has 0 bridgehead atoms. The fraction of sp³-hybridized carbons (Fsp3) is 0.889. The summed E-state index contributed by atoms with van der Waals surface area (Å²) in [6, 6.07) is 0.00635. The second kappa shape index (κ2) is 5.19. The van der Waals surface area contributed by atoms with Crippen LogP contribution in [0.3, 0.4) is 0 Å². The van der Waals surface area contributed by atoms with Crippen molar-refractivity contribution >= 4 is 5.91 Å². The number of hydrogen-bond donors (Lipinski definition) is 2. The van der Waals surface area contributed by atoms with E-state index in [-0.39, 0.29) is 11.9 Å². The fourth-order valence-electron chi connectivity index (χ4n) is 1.51. The molecular weight excluding hydrogens is 168 g/mol. The van der Waals surface area contributed by atoms with Crippen LogP contribution in [0.2, 0.25) is 0 Å². The lowest BCUT2D eigenvalue weighted by Crippen LogP contribution is -2.41. The number of carbonyl (C=O) groups is 1. The average Bonchev–Trinajstić information content (AvgIpc) is 2.52. The van der Waals surface area contributed by atoms with Crippen LogP contribution >= 0.6 is 0 Å². The van der Waals surface area contributed by atoms with Crippen molar-refractivity contribution in [3.05, 3.63) is 0 Å². The second-order valence-electron chi connectivity index (χ2n) is 3.59. The molecule has 1 saturated heterocycles. The van der Waals surface area contributed by atoms with Gasteiger partial charge in [-0.1, -0.05) is 6.92 Å². The third-order valence-electron chi connectivity index (χ3n) is 2.27. The lowest BCUT2D eigenvalue weighted by Gasteiger charge is -2.10. The summed E-state index contributed by atoms with van der Waals surface area (Å²) in [5, 5.41) is 6.00. The van der Waals surface area contributed by atoms with Crippen LogP contribution in [0.25, 0.3) is 0 Å². The first-order valence-corrected chi connectivity index (χ1v) is 4.74. The van der Waals surface area contributed by atoms with Gasteiger partial charge in [-0.3, -0.25) is 4.79 Å². The fourth-order valence-corrected chi connectivity index (χ4v) is 1.51. The highest BCUT2D eigenvalue weighted by atomic mass is 16.5. The van der Waals surface area contributed by atoms with Crippen LogP contribution in [0.15, 0.2) is 0 Å². The third kappa shape index (κ3) is 3.32. The van der Waals surface area contributed by atoms with Gasteiger partial charge in [-0.2, -0.15) is 0 Å². The van der Waals surface area contributed by atoms with Crippen LogP contribution < -0.4 is 10.6 Å². The third-order valence-corrected chi connectivity index (χ3v) is 2.27. The predicted octanol–water partition coefficient (Wildman–Crippen LogP) is -0.253. The highest BCUT2D eigenvalue weighted by molar-refractivity contribution is 5.82. The maximum Gasteiger partial charge on any atom is 0.237 e. The van der Waals surface area contributed by atoms with Crippen LogP contribution in [-0.2, 0) is 9.53 Å². The quantitative estimate of drug-likeness (QED) is 0.595. The Morgan fingerprint density at radius 3 is 3.00 bits per heavy atom. The molecule has 0 aromatic rings. The van der Waals surface area contributed by atoms with Crippen molar-refractivity contribution in [2.24, 2.45) is 5.92 Å². The van der Waals surface area contributed by atoms with Crippen molar-refractivity contribution in [3.63, 3.8) is 0 Å². The van der Waals surface area contributed by atoms with Gasteiger partial charge in [0.2, 0.25) is 5.91 Å². The van der Waals surface area contributed by atoms with Gasteiger partial charge >= 0.3 is 0 Å². The lowest BCUT2D eigenvalue weighted by molar-refractivity contribution is -0.123. The van der Waals surface area contributed by atoms with Gasteiger partial charge in [-0.15, -0.1) is 0 Å². The first kappa shape index (κ1) is 10.5. The molecule has 0 aromatic heterocycles. The molecule has 4 nitrogen and oxygen atoms in total. The van der Waals surface area contributed by atoms with E-state index in [4.69, 9.17) is 4.74 Å². The van der Waals surface area contributed by atoms with Crippen LogP contribution in [-0.4, -0.2) is 38.8 Å². The lowest BCUT2D eigenvalue weighted by atomic mass is 10.1. The van der Waals surface area contributed by atoms with E-state index < -0.39 is 0 Å². The Bertz CT molecular complexity index is 173. The van der Waals surface area contributed by atoms with E-state index in [1.54, 1.807) is 7.11 Å². The van der Waals surface area contributed by atoms with Crippen LogP contribution in [0.1, 0.15) is 13.3 Å². The zero-order valence-electron chi connectivity index (χ0n) is 8.30. The zero-order valence-corrected chi connectivity index (χ0v) is 8.30. The molecule has 0 aliphatic carbocycles. The summed E-state index contributed by atoms with van der Waals surface area (Å²) in [6.45, 7) is 4.27. The number of ether oxygens (including phenoxy) is 1. The van der Waals surface area contributed by atoms with E-state index in [0.29, 0.717) is 19.1 Å². The van der Waals surface area contributed by atoms with Crippen molar-refractivity contribution in [2.75, 3.05) is 26.8 Å². The van der Waals surface area contributed by atoms with Crippen LogP contribution in [0.4, 0.5) is 0 Å². The molecule has 2 atom stereocenters. The maximum absolute atomic E-state index is 11.4. The normalized spacial score (nSPS) is 27.5. The molecule has 0 aromatic carbocycles. The van der Waals surface area contributed by atoms with Crippen molar-refractivity contribution < 1.29 is 9.53 Å². The van der Waals surface area contributed by atoms with Crippen LogP contribution in [0.5, 0.6) is 0 Å². The van der Waals surface area contributed by atoms with Gasteiger partial charge in [0.1, 0.15) is 0 Å². The Hall–Kier alpha value is -0.610. The standard InChI is InChI=1S/C9H18N2O2/c1-7-5-8(11-6-7)9(12)10-3-4-13-2/h7-8,11H,3-6H2,1-2H3,(H,10,12)/t7?,8-/m0/s1. The van der Waals surface area contributed by atoms with E-state index in [1.165, 1.54) is 0 Å². The van der Waals surface area contributed by atoms with Gasteiger partial charge in [0, 0.05) is 13.7 Å². The van der Waals surface area contributed by atoms with E-state index >= 15 is 0 Å². The highest BCUT2D eigenvalue weighted by Gasteiger charge is 2.26. The summed E-state index contributed by atoms with van der Waals surface area (Å²) in [7, 11) is 1.63. The molecule has 4 heteroatoms. The minimum atomic E-state index is 0.00635. The topological polar surface area (TPSA) is 50.4 Å². The zero-order chi connectivity index (χ0) is 9.68. The van der Waals surface area contributed by atoms with E-state index in [9.17, 15) is 4.79 Å². The molecule has 2 N–H and O–H groups in total. The van der Waals surface area contributed by atoms with Gasteiger partial charge < -0.3 is 15.4 Å². The molecular formula is C9H18N2O2. The van der Waals surface area contributed by atoms with Crippen molar-refractivity contribution in [1.82, 2.24) is 10.6 Å². The molecule has 1 fully saturated rings. The van der Waals surface area contributed by atoms with Crippen molar-refractivity contribution in [1.29, 1.82) is 0 Å². The average molecular weight is 186 g/mol. The Morgan fingerprint density at radius 1 is 1.69 bits per heavy atom. The summed E-state index contributed by atoms with van der Waals surface area (Å²) in [5.74, 6) is 0.708. The molecule has 1 rings (SSSR count). The van der Waals surface area contributed by atoms with E-state index in [0.717, 1.165) is 13.0 Å². The highest BCUT2D eigenvalue weighted by Crippen LogP contribution is 2.12. The molecule has 0 spiro atoms. The van der Waals surface area contributed by atoms with E-state index in [2.05, 4.69) is 17.6 Å². The smallest absolute Gasteiger partial charge is 0.237 e. The summed E-state index contributed by atoms with van der Waals surface area (Å²) in [5.41, 5.74) is 0. The Kier molecular flexibility index (Phi) is 4.18. The summed E-state index contributed by atoms with van der Waals surface area (Å²) in [6.07, 6.45) is 0.943. The molecule has 1 unspecified atom stereocenters. The molecule has 1 aliphatic rings. The van der Waals surface area contributed by atoms with Gasteiger partial charge in [-0.25, -0.2) is 0 Å². The number of rotatable bonds is 4. The Labute approximate surface area is 79.0 Å². The van der Waals surface area contributed by atoms with Gasteiger partial charge in [0.05, 0.1) is 12.6 Å². The first-order chi connectivity index (χ1) is 6.24. The molecule has 0 saturated carbocycles. The summed E-state index contributed by atoms with van der Waals surface area (Å²) < 4.78 is 4.84. The van der Waals surface area contributed by atoms with E-state index in [1.807, 2.05) is 0 Å². The number of nitrogens with one attached hydrogen (secondary N) is 2. The molecule has 1 aliphatic heterocycles. The summed E-state index contributed by atoms with van der Waals surface area (Å²) >= 11 is 0. The molecule has 0 radical (unpaired) electrons. The summed E-state index contributed by atoms with van der Waals surface area (Å²) in [4.78, 5) is 11.4. The van der Waals surface area contributed by atoms with Gasteiger partial charge in [-0.05, 0) is 18.9 Å². The molecule has 1 amide bonds. The second-order valence-corrected chi connectivity index (χ2v) is 3.59. The predicted molar refractivity (Wildman–Crippen MR) is 50.5 cm³/mol. The first-order valence-electron chi connectivity index (χ1n) is 4.74. The maximum atomic E-state index is 11.4. The number of methoxy groups -OCH3 is 1. The number of carbonyl (C=O) groups excluding carboxylic acids is 1. The molecule has 76 valence electrons. The van der Waals surface area contributed by atoms with Gasteiger partial charge in [0.25, 0.3) is 0 Å². The Morgan fingerprint density at radius 2 is 2.46 bits per heavy atom. The minimum absolute atomic E-state index is 0.00635. The molecule has 1 heterocycles. The van der Waals surface area contributed by atoms with Gasteiger partial charge in [0.15, 0.2) is 0 Å². The SMILES string of the molecule is COCCNC(=O)[C@@H]1CC(C)CN1. The largest absolute Gasteiger partial charge is 0.383 e. The van der Waals surface area contributed by atoms with Crippen molar-refractivity contribution in [2.45, 2.75) is 19.4 Å².